The lowest BCUT2D eigenvalue weighted by atomic mass is 10.2. The summed E-state index contributed by atoms with van der Waals surface area (Å²) < 4.78 is 1.18. The molecule has 62 valence electrons. The third kappa shape index (κ3) is 1.38. The van der Waals surface area contributed by atoms with Crippen LogP contribution in [0.1, 0.15) is 17.1 Å². The van der Waals surface area contributed by atoms with E-state index < -0.39 is 0 Å². The predicted octanol–water partition coefficient (Wildman–Crippen LogP) is 3.35. The van der Waals surface area contributed by atoms with Crippen LogP contribution in [-0.4, -0.2) is 6.29 Å². The van der Waals surface area contributed by atoms with Crippen molar-refractivity contribution >= 4 is 27.7 Å². The van der Waals surface area contributed by atoms with Gasteiger partial charge in [-0.25, -0.2) is 0 Å². The first-order valence-corrected chi connectivity index (χ1v) is 4.15. The molecule has 0 atom stereocenters. The van der Waals surface area contributed by atoms with Crippen molar-refractivity contribution in [3.8, 4) is 0 Å². The maximum Gasteiger partial charge on any atom is 0.160 e. The normalized spacial score (nSPS) is 9.33. The Hall–Kier alpha value is -1.15. The predicted molar refractivity (Wildman–Crippen MR) is 53.9 cm³/mol. The Balaban J connectivity index is 0.000000720. The maximum absolute atomic E-state index is 10.4. The lowest BCUT2D eigenvalue weighted by Crippen LogP contribution is -1.62. The Morgan fingerprint density at radius 3 is 2.67 bits per heavy atom. The molecule has 2 heteroatoms. The summed E-state index contributed by atoms with van der Waals surface area (Å²) in [6.07, 6.45) is 0.894. The molecule has 0 fully saturated rings. The summed E-state index contributed by atoms with van der Waals surface area (Å²) in [5.41, 5.74) is 0. The molecule has 0 unspecified atom stereocenters. The highest BCUT2D eigenvalue weighted by Crippen LogP contribution is 2.23. The molecule has 0 aliphatic carbocycles. The average molecular weight is 178 g/mol. The number of carbonyl (C=O) groups is 1. The number of hydrogen-bond acceptors (Lipinski definition) is 2. The molecule has 0 N–H and O–H groups in total. The van der Waals surface area contributed by atoms with Crippen molar-refractivity contribution in [2.24, 2.45) is 0 Å². The van der Waals surface area contributed by atoms with E-state index >= 15 is 0 Å². The number of aldehydes is 1. The standard InChI is InChI=1S/C9H6OS.CH4/c10-6-8-5-7-3-1-2-4-9(7)11-8;/h1-6H;1H4. The third-order valence-corrected chi connectivity index (χ3v) is 2.60. The molecule has 1 aromatic heterocycles. The van der Waals surface area contributed by atoms with Crippen LogP contribution in [0.15, 0.2) is 30.3 Å². The molecule has 2 aromatic rings. The van der Waals surface area contributed by atoms with Crippen LogP contribution in [0.3, 0.4) is 0 Å². The number of hydrogen-bond donors (Lipinski definition) is 0. The van der Waals surface area contributed by atoms with Gasteiger partial charge in [-0.3, -0.25) is 4.79 Å². The minimum atomic E-state index is 0. The Morgan fingerprint density at radius 1 is 1.25 bits per heavy atom. The molecular weight excluding hydrogens is 168 g/mol. The lowest BCUT2D eigenvalue weighted by Gasteiger charge is -1.82. The van der Waals surface area contributed by atoms with Crippen molar-refractivity contribution in [1.82, 2.24) is 0 Å². The molecule has 0 radical (unpaired) electrons. The van der Waals surface area contributed by atoms with Crippen LogP contribution in [0.5, 0.6) is 0 Å². The second kappa shape index (κ2) is 3.50. The highest BCUT2D eigenvalue weighted by molar-refractivity contribution is 7.20. The van der Waals surface area contributed by atoms with Crippen molar-refractivity contribution in [2.45, 2.75) is 7.43 Å². The zero-order valence-electron chi connectivity index (χ0n) is 5.78. The first-order chi connectivity index (χ1) is 5.40. The van der Waals surface area contributed by atoms with Gasteiger partial charge in [-0.15, -0.1) is 11.3 Å². The van der Waals surface area contributed by atoms with Crippen LogP contribution >= 0.6 is 11.3 Å². The minimum Gasteiger partial charge on any atom is -0.297 e. The van der Waals surface area contributed by atoms with Gasteiger partial charge in [0.05, 0.1) is 4.88 Å². The van der Waals surface area contributed by atoms with Crippen LogP contribution in [0.2, 0.25) is 0 Å². The Labute approximate surface area is 75.7 Å². The van der Waals surface area contributed by atoms with Crippen LogP contribution < -0.4 is 0 Å². The summed E-state index contributed by atoms with van der Waals surface area (Å²) in [6, 6.07) is 9.90. The minimum absolute atomic E-state index is 0. The summed E-state index contributed by atoms with van der Waals surface area (Å²) in [4.78, 5) is 11.2. The largest absolute Gasteiger partial charge is 0.297 e. The molecule has 0 bridgehead atoms. The van der Waals surface area contributed by atoms with Crippen LogP contribution in [-0.2, 0) is 0 Å². The fraction of sp³-hybridized carbons (Fsp3) is 0.100. The van der Waals surface area contributed by atoms with Crippen molar-refractivity contribution in [3.63, 3.8) is 0 Å². The van der Waals surface area contributed by atoms with Gasteiger partial charge in [0.1, 0.15) is 0 Å². The molecule has 1 aromatic carbocycles. The third-order valence-electron chi connectivity index (χ3n) is 1.56. The Bertz CT molecular complexity index is 356. The van der Waals surface area contributed by atoms with Crippen LogP contribution in [0, 0.1) is 0 Å². The van der Waals surface area contributed by atoms with E-state index in [1.807, 2.05) is 30.3 Å². The molecule has 0 aliphatic rings. The summed E-state index contributed by atoms with van der Waals surface area (Å²) in [5, 5.41) is 1.15. The van der Waals surface area contributed by atoms with Crippen molar-refractivity contribution in [1.29, 1.82) is 0 Å². The fourth-order valence-electron chi connectivity index (χ4n) is 1.06. The Kier molecular flexibility index (Phi) is 2.61. The summed E-state index contributed by atoms with van der Waals surface area (Å²) in [5.74, 6) is 0. The van der Waals surface area contributed by atoms with Gasteiger partial charge < -0.3 is 0 Å². The first kappa shape index (κ1) is 8.94. The topological polar surface area (TPSA) is 17.1 Å². The monoisotopic (exact) mass is 178 g/mol. The highest BCUT2D eigenvalue weighted by Gasteiger charge is 1.97. The van der Waals surface area contributed by atoms with Crippen molar-refractivity contribution in [3.05, 3.63) is 35.2 Å². The molecule has 0 saturated carbocycles. The zero-order valence-corrected chi connectivity index (χ0v) is 6.60. The lowest BCUT2D eigenvalue weighted by molar-refractivity contribution is 0.112. The summed E-state index contributed by atoms with van der Waals surface area (Å²) in [7, 11) is 0. The van der Waals surface area contributed by atoms with Gasteiger partial charge in [-0.05, 0) is 17.5 Å². The van der Waals surface area contributed by atoms with Crippen molar-refractivity contribution in [2.75, 3.05) is 0 Å². The highest BCUT2D eigenvalue weighted by atomic mass is 32.1. The molecule has 0 spiro atoms. The van der Waals surface area contributed by atoms with Crippen LogP contribution in [0.25, 0.3) is 10.1 Å². The molecule has 1 heterocycles. The van der Waals surface area contributed by atoms with Crippen LogP contribution in [0.4, 0.5) is 0 Å². The molecule has 0 aliphatic heterocycles. The zero-order chi connectivity index (χ0) is 7.68. The quantitative estimate of drug-likeness (QED) is 0.612. The van der Waals surface area contributed by atoms with E-state index in [1.165, 1.54) is 16.0 Å². The van der Waals surface area contributed by atoms with Gasteiger partial charge in [0.15, 0.2) is 6.29 Å². The van der Waals surface area contributed by atoms with Gasteiger partial charge in [-0.2, -0.15) is 0 Å². The van der Waals surface area contributed by atoms with E-state index in [0.29, 0.717) is 0 Å². The van der Waals surface area contributed by atoms with Gasteiger partial charge in [0.25, 0.3) is 0 Å². The number of rotatable bonds is 1. The first-order valence-electron chi connectivity index (χ1n) is 3.34. The average Bonchev–Trinajstić information content (AvgIpc) is 2.46. The smallest absolute Gasteiger partial charge is 0.160 e. The SMILES string of the molecule is C.O=Cc1cc2ccccc2s1. The number of fused-ring (bicyclic) bond motifs is 1. The number of benzene rings is 1. The summed E-state index contributed by atoms with van der Waals surface area (Å²) >= 11 is 1.53. The molecule has 2 rings (SSSR count). The summed E-state index contributed by atoms with van der Waals surface area (Å²) in [6.45, 7) is 0. The van der Waals surface area contributed by atoms with E-state index in [2.05, 4.69) is 0 Å². The van der Waals surface area contributed by atoms with Gasteiger partial charge in [-0.1, -0.05) is 25.6 Å². The van der Waals surface area contributed by atoms with E-state index in [1.54, 1.807) is 0 Å². The fourth-order valence-corrected chi connectivity index (χ4v) is 1.94. The van der Waals surface area contributed by atoms with Gasteiger partial charge in [0, 0.05) is 4.70 Å². The second-order valence-corrected chi connectivity index (χ2v) is 3.42. The molecule has 0 amide bonds. The van der Waals surface area contributed by atoms with Gasteiger partial charge >= 0.3 is 0 Å². The maximum atomic E-state index is 10.4. The number of thiophene rings is 1. The van der Waals surface area contributed by atoms with Gasteiger partial charge in [0.2, 0.25) is 0 Å². The molecule has 12 heavy (non-hydrogen) atoms. The number of carbonyl (C=O) groups excluding carboxylic acids is 1. The Morgan fingerprint density at radius 2 is 2.00 bits per heavy atom. The molecular formula is C10H10OS. The molecule has 1 nitrogen and oxygen atoms in total. The van der Waals surface area contributed by atoms with E-state index in [4.69, 9.17) is 0 Å². The van der Waals surface area contributed by atoms with E-state index in [0.717, 1.165) is 16.5 Å². The van der Waals surface area contributed by atoms with E-state index in [9.17, 15) is 4.79 Å². The van der Waals surface area contributed by atoms with E-state index in [-0.39, 0.29) is 7.43 Å². The second-order valence-electron chi connectivity index (χ2n) is 2.30. The molecule has 0 saturated heterocycles. The van der Waals surface area contributed by atoms with Crippen molar-refractivity contribution < 1.29 is 4.79 Å².